The van der Waals surface area contributed by atoms with Gasteiger partial charge in [-0.05, 0) is 42.5 Å². The van der Waals surface area contributed by atoms with Crippen molar-refractivity contribution in [1.29, 1.82) is 0 Å². The molecule has 4 heteroatoms. The number of aryl methyl sites for hydroxylation is 1. The lowest BCUT2D eigenvalue weighted by atomic mass is 9.88. The van der Waals surface area contributed by atoms with E-state index >= 15 is 0 Å². The van der Waals surface area contributed by atoms with Gasteiger partial charge in [-0.1, -0.05) is 6.07 Å². The minimum absolute atomic E-state index is 0.159. The fourth-order valence-corrected chi connectivity index (χ4v) is 2.28. The average Bonchev–Trinajstić information content (AvgIpc) is 2.35. The zero-order valence-corrected chi connectivity index (χ0v) is 9.82. The minimum atomic E-state index is -0.482. The Morgan fingerprint density at radius 3 is 3.06 bits per heavy atom. The molecule has 0 fully saturated rings. The molecule has 2 unspecified atom stereocenters. The molecule has 0 bridgehead atoms. The molecule has 1 aromatic rings. The van der Waals surface area contributed by atoms with E-state index in [1.165, 1.54) is 11.6 Å². The number of fused-ring (bicyclic) bond motifs is 1. The van der Waals surface area contributed by atoms with Crippen molar-refractivity contribution in [2.24, 2.45) is 5.73 Å². The molecule has 0 saturated carbocycles. The van der Waals surface area contributed by atoms with Crippen LogP contribution < -0.4 is 11.1 Å². The van der Waals surface area contributed by atoms with Gasteiger partial charge in [-0.3, -0.25) is 0 Å². The van der Waals surface area contributed by atoms with Crippen molar-refractivity contribution in [2.45, 2.75) is 31.4 Å². The van der Waals surface area contributed by atoms with Gasteiger partial charge in [0.15, 0.2) is 0 Å². The Morgan fingerprint density at radius 1 is 1.47 bits per heavy atom. The van der Waals surface area contributed by atoms with E-state index in [2.05, 4.69) is 5.32 Å². The predicted molar refractivity (Wildman–Crippen MR) is 65.3 cm³/mol. The molecule has 0 radical (unpaired) electrons. The van der Waals surface area contributed by atoms with E-state index in [9.17, 15) is 9.50 Å². The molecule has 4 N–H and O–H groups in total. The molecule has 1 aliphatic carbocycles. The SMILES string of the molecule is NCC(O)CNC1CCc2cc(F)ccc2C1. The summed E-state index contributed by atoms with van der Waals surface area (Å²) < 4.78 is 13.0. The molecule has 1 aliphatic rings. The summed E-state index contributed by atoms with van der Waals surface area (Å²) in [5.74, 6) is -0.159. The first-order chi connectivity index (χ1) is 8.19. The van der Waals surface area contributed by atoms with Crippen molar-refractivity contribution >= 4 is 0 Å². The number of nitrogens with one attached hydrogen (secondary N) is 1. The molecule has 3 nitrogen and oxygen atoms in total. The third kappa shape index (κ3) is 3.25. The summed E-state index contributed by atoms with van der Waals surface area (Å²) in [6, 6.07) is 5.35. The smallest absolute Gasteiger partial charge is 0.123 e. The maximum atomic E-state index is 13.0. The maximum absolute atomic E-state index is 13.0. The van der Waals surface area contributed by atoms with Gasteiger partial charge in [-0.25, -0.2) is 4.39 Å². The Morgan fingerprint density at radius 2 is 2.29 bits per heavy atom. The Balaban J connectivity index is 1.92. The Hall–Kier alpha value is -0.970. The number of aliphatic hydroxyl groups is 1. The van der Waals surface area contributed by atoms with Crippen molar-refractivity contribution in [1.82, 2.24) is 5.32 Å². The van der Waals surface area contributed by atoms with E-state index in [1.54, 1.807) is 6.07 Å². The van der Waals surface area contributed by atoms with Crippen molar-refractivity contribution in [3.05, 3.63) is 35.1 Å². The molecule has 2 rings (SSSR count). The van der Waals surface area contributed by atoms with Crippen LogP contribution in [0.25, 0.3) is 0 Å². The van der Waals surface area contributed by atoms with Crippen LogP contribution in [0.1, 0.15) is 17.5 Å². The minimum Gasteiger partial charge on any atom is -0.390 e. The summed E-state index contributed by atoms with van der Waals surface area (Å²) in [6.07, 6.45) is 2.29. The van der Waals surface area contributed by atoms with Gasteiger partial charge in [-0.2, -0.15) is 0 Å². The third-order valence-corrected chi connectivity index (χ3v) is 3.31. The summed E-state index contributed by atoms with van der Waals surface area (Å²) in [5, 5.41) is 12.7. The van der Waals surface area contributed by atoms with Gasteiger partial charge in [0.05, 0.1) is 6.10 Å². The third-order valence-electron chi connectivity index (χ3n) is 3.31. The van der Waals surface area contributed by atoms with Gasteiger partial charge < -0.3 is 16.2 Å². The van der Waals surface area contributed by atoms with E-state index in [-0.39, 0.29) is 12.4 Å². The van der Waals surface area contributed by atoms with Gasteiger partial charge in [0, 0.05) is 19.1 Å². The first-order valence-electron chi connectivity index (χ1n) is 6.08. The monoisotopic (exact) mass is 238 g/mol. The zero-order chi connectivity index (χ0) is 12.3. The summed E-state index contributed by atoms with van der Waals surface area (Å²) in [4.78, 5) is 0. The lowest BCUT2D eigenvalue weighted by Crippen LogP contribution is -2.41. The number of nitrogens with two attached hydrogens (primary N) is 1. The lowest BCUT2D eigenvalue weighted by Gasteiger charge is -2.26. The number of benzene rings is 1. The summed E-state index contributed by atoms with van der Waals surface area (Å²) in [7, 11) is 0. The fraction of sp³-hybridized carbons (Fsp3) is 0.538. The fourth-order valence-electron chi connectivity index (χ4n) is 2.28. The summed E-state index contributed by atoms with van der Waals surface area (Å²) >= 11 is 0. The van der Waals surface area contributed by atoms with Gasteiger partial charge in [0.1, 0.15) is 5.82 Å². The van der Waals surface area contributed by atoms with E-state index in [1.807, 2.05) is 6.07 Å². The second-order valence-corrected chi connectivity index (χ2v) is 4.65. The van der Waals surface area contributed by atoms with E-state index in [0.717, 1.165) is 24.8 Å². The summed E-state index contributed by atoms with van der Waals surface area (Å²) in [5.41, 5.74) is 7.67. The molecule has 0 aliphatic heterocycles. The highest BCUT2D eigenvalue weighted by molar-refractivity contribution is 5.31. The molecule has 0 amide bonds. The van der Waals surface area contributed by atoms with Gasteiger partial charge >= 0.3 is 0 Å². The zero-order valence-electron chi connectivity index (χ0n) is 9.82. The molecule has 0 spiro atoms. The van der Waals surface area contributed by atoms with Crippen molar-refractivity contribution in [3.8, 4) is 0 Å². The van der Waals surface area contributed by atoms with E-state index in [0.29, 0.717) is 12.6 Å². The Kier molecular flexibility index (Phi) is 4.10. The van der Waals surface area contributed by atoms with Crippen LogP contribution in [-0.2, 0) is 12.8 Å². The molecule has 94 valence electrons. The van der Waals surface area contributed by atoms with E-state index < -0.39 is 6.10 Å². The topological polar surface area (TPSA) is 58.3 Å². The second-order valence-electron chi connectivity index (χ2n) is 4.65. The van der Waals surface area contributed by atoms with Gasteiger partial charge in [-0.15, -0.1) is 0 Å². The standard InChI is InChI=1S/C13H19FN2O/c14-11-3-1-10-6-12(4-2-9(10)5-11)16-8-13(17)7-15/h1,3,5,12-13,16-17H,2,4,6-8,15H2. The number of hydrogen-bond donors (Lipinski definition) is 3. The normalized spacial score (nSPS) is 21.0. The van der Waals surface area contributed by atoms with Crippen LogP contribution in [0.2, 0.25) is 0 Å². The van der Waals surface area contributed by atoms with E-state index in [4.69, 9.17) is 5.73 Å². The summed E-state index contributed by atoms with van der Waals surface area (Å²) in [6.45, 7) is 0.805. The highest BCUT2D eigenvalue weighted by Crippen LogP contribution is 2.22. The largest absolute Gasteiger partial charge is 0.390 e. The molecule has 1 aromatic carbocycles. The number of hydrogen-bond acceptors (Lipinski definition) is 3. The molecule has 0 aromatic heterocycles. The van der Waals surface area contributed by atoms with Crippen LogP contribution in [0.5, 0.6) is 0 Å². The quantitative estimate of drug-likeness (QED) is 0.719. The molecular formula is C13H19FN2O. The molecule has 0 saturated heterocycles. The van der Waals surface area contributed by atoms with Crippen molar-refractivity contribution in [3.63, 3.8) is 0 Å². The van der Waals surface area contributed by atoms with Crippen molar-refractivity contribution < 1.29 is 9.50 Å². The Labute approximate surface area is 101 Å². The number of halogens is 1. The van der Waals surface area contributed by atoms with Crippen LogP contribution in [0, 0.1) is 5.82 Å². The highest BCUT2D eigenvalue weighted by atomic mass is 19.1. The Bertz CT molecular complexity index is 384. The van der Waals surface area contributed by atoms with Crippen LogP contribution in [-0.4, -0.2) is 30.3 Å². The first-order valence-corrected chi connectivity index (χ1v) is 6.08. The first kappa shape index (κ1) is 12.5. The number of rotatable bonds is 4. The maximum Gasteiger partial charge on any atom is 0.123 e. The second kappa shape index (κ2) is 5.58. The van der Waals surface area contributed by atoms with Crippen LogP contribution >= 0.6 is 0 Å². The average molecular weight is 238 g/mol. The van der Waals surface area contributed by atoms with Crippen molar-refractivity contribution in [2.75, 3.05) is 13.1 Å². The predicted octanol–water partition coefficient (Wildman–Crippen LogP) is 0.592. The van der Waals surface area contributed by atoms with Crippen LogP contribution in [0.4, 0.5) is 4.39 Å². The van der Waals surface area contributed by atoms with Crippen LogP contribution in [0.3, 0.4) is 0 Å². The van der Waals surface area contributed by atoms with Gasteiger partial charge in [0.25, 0.3) is 0 Å². The van der Waals surface area contributed by atoms with Crippen LogP contribution in [0.15, 0.2) is 18.2 Å². The van der Waals surface area contributed by atoms with Gasteiger partial charge in [0.2, 0.25) is 0 Å². The molecule has 2 atom stereocenters. The molecule has 17 heavy (non-hydrogen) atoms. The molecular weight excluding hydrogens is 219 g/mol. The lowest BCUT2D eigenvalue weighted by molar-refractivity contribution is 0.173. The number of aliphatic hydroxyl groups excluding tert-OH is 1. The molecule has 0 heterocycles. The highest BCUT2D eigenvalue weighted by Gasteiger charge is 2.19.